The molecule has 0 amide bonds. The molecule has 0 unspecified atom stereocenters. The number of hydrogen-bond donors (Lipinski definition) is 1. The quantitative estimate of drug-likeness (QED) is 0.914. The first kappa shape index (κ1) is 12.6. The Bertz CT molecular complexity index is 643. The topological polar surface area (TPSA) is 69.6 Å². The van der Waals surface area contributed by atoms with Crippen LogP contribution in [0.2, 0.25) is 0 Å². The number of anilines is 1. The number of rotatable bonds is 4. The highest BCUT2D eigenvalue weighted by molar-refractivity contribution is 9.10. The Labute approximate surface area is 129 Å². The van der Waals surface area contributed by atoms with Crippen LogP contribution in [0.25, 0.3) is 0 Å². The summed E-state index contributed by atoms with van der Waals surface area (Å²) in [4.78, 5) is 5.04. The fraction of sp³-hybridized carbons (Fsp3) is 0.462. The van der Waals surface area contributed by atoms with Gasteiger partial charge < -0.3 is 10.3 Å². The number of nitrogens with zero attached hydrogens (tertiary/aromatic N) is 4. The van der Waals surface area contributed by atoms with Crippen LogP contribution < -0.4 is 5.73 Å². The molecule has 2 N–H and O–H groups in total. The van der Waals surface area contributed by atoms with E-state index in [9.17, 15) is 0 Å². The van der Waals surface area contributed by atoms with Gasteiger partial charge in [0, 0.05) is 18.2 Å². The maximum absolute atomic E-state index is 6.02. The fourth-order valence-electron chi connectivity index (χ4n) is 2.29. The molecule has 0 bridgehead atoms. The highest BCUT2D eigenvalue weighted by Crippen LogP contribution is 2.47. The summed E-state index contributed by atoms with van der Waals surface area (Å²) >= 11 is 5.09. The van der Waals surface area contributed by atoms with E-state index in [0.29, 0.717) is 17.6 Å². The van der Waals surface area contributed by atoms with Crippen LogP contribution in [0.4, 0.5) is 5.69 Å². The lowest BCUT2D eigenvalue weighted by atomic mass is 10.4. The van der Waals surface area contributed by atoms with E-state index in [0.717, 1.165) is 14.5 Å². The van der Waals surface area contributed by atoms with Gasteiger partial charge in [0.15, 0.2) is 5.16 Å². The Morgan fingerprint density at radius 1 is 1.20 bits per heavy atom. The SMILES string of the molecule is Nc1cncc(Br)c1Sc1nnc(C2CC2)n1C1CC1. The van der Waals surface area contributed by atoms with Crippen molar-refractivity contribution >= 4 is 33.4 Å². The van der Waals surface area contributed by atoms with Crippen LogP contribution in [-0.2, 0) is 0 Å². The molecule has 2 aromatic heterocycles. The van der Waals surface area contributed by atoms with E-state index >= 15 is 0 Å². The van der Waals surface area contributed by atoms with Gasteiger partial charge in [-0.1, -0.05) is 0 Å². The minimum atomic E-state index is 0.588. The monoisotopic (exact) mass is 351 g/mol. The normalized spacial score (nSPS) is 18.4. The van der Waals surface area contributed by atoms with Crippen molar-refractivity contribution in [1.82, 2.24) is 19.7 Å². The minimum absolute atomic E-state index is 0.588. The Kier molecular flexibility index (Phi) is 2.99. The zero-order valence-corrected chi connectivity index (χ0v) is 13.2. The molecule has 20 heavy (non-hydrogen) atoms. The van der Waals surface area contributed by atoms with E-state index in [2.05, 4.69) is 35.7 Å². The van der Waals surface area contributed by atoms with Crippen LogP contribution in [0.15, 0.2) is 26.9 Å². The molecule has 0 saturated heterocycles. The first-order chi connectivity index (χ1) is 9.74. The summed E-state index contributed by atoms with van der Waals surface area (Å²) in [5.41, 5.74) is 6.69. The fourth-order valence-corrected chi connectivity index (χ4v) is 3.81. The molecule has 4 rings (SSSR count). The highest BCUT2D eigenvalue weighted by atomic mass is 79.9. The van der Waals surface area contributed by atoms with E-state index in [4.69, 9.17) is 5.73 Å². The minimum Gasteiger partial charge on any atom is -0.397 e. The summed E-state index contributed by atoms with van der Waals surface area (Å²) in [5.74, 6) is 1.79. The average molecular weight is 352 g/mol. The second kappa shape index (κ2) is 4.73. The first-order valence-electron chi connectivity index (χ1n) is 6.75. The molecule has 0 aliphatic heterocycles. The maximum atomic E-state index is 6.02. The lowest BCUT2D eigenvalue weighted by Crippen LogP contribution is -2.02. The third-order valence-electron chi connectivity index (χ3n) is 3.62. The van der Waals surface area contributed by atoms with Crippen LogP contribution in [0.3, 0.4) is 0 Å². The molecule has 0 atom stereocenters. The number of pyridine rings is 1. The molecular weight excluding hydrogens is 338 g/mol. The van der Waals surface area contributed by atoms with Crippen molar-refractivity contribution in [2.45, 2.75) is 47.7 Å². The summed E-state index contributed by atoms with van der Waals surface area (Å²) in [7, 11) is 0. The predicted octanol–water partition coefficient (Wildman–Crippen LogP) is 3.38. The summed E-state index contributed by atoms with van der Waals surface area (Å²) in [6, 6.07) is 0.588. The van der Waals surface area contributed by atoms with Gasteiger partial charge in [-0.05, 0) is 53.4 Å². The summed E-state index contributed by atoms with van der Waals surface area (Å²) in [6.07, 6.45) is 8.40. The van der Waals surface area contributed by atoms with Crippen molar-refractivity contribution in [2.75, 3.05) is 5.73 Å². The third kappa shape index (κ3) is 2.22. The second-order valence-electron chi connectivity index (χ2n) is 5.36. The predicted molar refractivity (Wildman–Crippen MR) is 80.7 cm³/mol. The first-order valence-corrected chi connectivity index (χ1v) is 8.36. The van der Waals surface area contributed by atoms with E-state index in [1.165, 1.54) is 31.5 Å². The molecule has 104 valence electrons. The van der Waals surface area contributed by atoms with Crippen molar-refractivity contribution in [3.63, 3.8) is 0 Å². The highest BCUT2D eigenvalue weighted by Gasteiger charge is 2.36. The Morgan fingerprint density at radius 2 is 2.00 bits per heavy atom. The van der Waals surface area contributed by atoms with Gasteiger partial charge in [-0.25, -0.2) is 0 Å². The van der Waals surface area contributed by atoms with Crippen molar-refractivity contribution in [1.29, 1.82) is 0 Å². The second-order valence-corrected chi connectivity index (χ2v) is 7.19. The number of nitrogens with two attached hydrogens (primary N) is 1. The van der Waals surface area contributed by atoms with Gasteiger partial charge in [0.05, 0.1) is 21.3 Å². The molecule has 0 radical (unpaired) electrons. The standard InChI is InChI=1S/C13H14BrN5S/c14-9-5-16-6-10(15)11(9)20-13-18-17-12(7-1-2-7)19(13)8-3-4-8/h5-8H,1-4,15H2. The molecule has 0 spiro atoms. The molecule has 2 aromatic rings. The molecule has 2 aliphatic rings. The van der Waals surface area contributed by atoms with Gasteiger partial charge in [0.2, 0.25) is 0 Å². The van der Waals surface area contributed by atoms with Gasteiger partial charge in [-0.15, -0.1) is 10.2 Å². The number of aromatic nitrogens is 4. The van der Waals surface area contributed by atoms with Gasteiger partial charge in [0.25, 0.3) is 0 Å². The van der Waals surface area contributed by atoms with Gasteiger partial charge in [0.1, 0.15) is 5.82 Å². The van der Waals surface area contributed by atoms with E-state index < -0.39 is 0 Å². The van der Waals surface area contributed by atoms with Crippen molar-refractivity contribution in [2.24, 2.45) is 0 Å². The van der Waals surface area contributed by atoms with Crippen LogP contribution in [0.1, 0.15) is 43.5 Å². The summed E-state index contributed by atoms with van der Waals surface area (Å²) in [5, 5.41) is 9.76. The zero-order chi connectivity index (χ0) is 13.7. The molecule has 2 aliphatic carbocycles. The Hall–Kier alpha value is -1.08. The number of nitrogen functional groups attached to an aromatic ring is 1. The lowest BCUT2D eigenvalue weighted by Gasteiger charge is -2.10. The molecule has 2 fully saturated rings. The summed E-state index contributed by atoms with van der Waals surface area (Å²) in [6.45, 7) is 0. The van der Waals surface area contributed by atoms with Crippen molar-refractivity contribution in [3.05, 3.63) is 22.7 Å². The van der Waals surface area contributed by atoms with Crippen LogP contribution in [-0.4, -0.2) is 19.7 Å². The largest absolute Gasteiger partial charge is 0.397 e. The Balaban J connectivity index is 1.72. The molecule has 2 saturated carbocycles. The lowest BCUT2D eigenvalue weighted by molar-refractivity contribution is 0.627. The zero-order valence-electron chi connectivity index (χ0n) is 10.8. The van der Waals surface area contributed by atoms with Crippen LogP contribution in [0, 0.1) is 0 Å². The third-order valence-corrected chi connectivity index (χ3v) is 5.60. The van der Waals surface area contributed by atoms with E-state index in [1.54, 1.807) is 24.2 Å². The molecule has 2 heterocycles. The van der Waals surface area contributed by atoms with Gasteiger partial charge in [-0.2, -0.15) is 0 Å². The average Bonchev–Trinajstić information content (AvgIpc) is 3.33. The van der Waals surface area contributed by atoms with E-state index in [-0.39, 0.29) is 0 Å². The van der Waals surface area contributed by atoms with Gasteiger partial charge >= 0.3 is 0 Å². The smallest absolute Gasteiger partial charge is 0.196 e. The molecular formula is C13H14BrN5S. The molecule has 0 aromatic carbocycles. The number of halogens is 1. The van der Waals surface area contributed by atoms with Crippen LogP contribution >= 0.6 is 27.7 Å². The molecule has 5 nitrogen and oxygen atoms in total. The van der Waals surface area contributed by atoms with Crippen molar-refractivity contribution < 1.29 is 0 Å². The summed E-state index contributed by atoms with van der Waals surface area (Å²) < 4.78 is 3.23. The van der Waals surface area contributed by atoms with E-state index in [1.807, 2.05) is 0 Å². The number of hydrogen-bond acceptors (Lipinski definition) is 5. The molecule has 7 heteroatoms. The maximum Gasteiger partial charge on any atom is 0.196 e. The van der Waals surface area contributed by atoms with Crippen molar-refractivity contribution in [3.8, 4) is 0 Å². The van der Waals surface area contributed by atoms with Crippen LogP contribution in [0.5, 0.6) is 0 Å². The Morgan fingerprint density at radius 3 is 2.65 bits per heavy atom. The van der Waals surface area contributed by atoms with Gasteiger partial charge in [-0.3, -0.25) is 4.98 Å².